The number of nitrogens with two attached hydrogens (primary N) is 1. The van der Waals surface area contributed by atoms with Crippen molar-refractivity contribution in [3.05, 3.63) is 54.6 Å². The Bertz CT molecular complexity index is 550. The Hall–Kier alpha value is -0.350. The van der Waals surface area contributed by atoms with E-state index in [0.29, 0.717) is 0 Å². The maximum atomic E-state index is 6.28. The lowest BCUT2D eigenvalue weighted by Gasteiger charge is -2.14. The Kier molecular flexibility index (Phi) is 3.93. The van der Waals surface area contributed by atoms with E-state index in [1.54, 1.807) is 11.3 Å². The highest BCUT2D eigenvalue weighted by Crippen LogP contribution is 2.34. The summed E-state index contributed by atoms with van der Waals surface area (Å²) in [6, 6.07) is 7.91. The molecule has 0 spiro atoms. The summed E-state index contributed by atoms with van der Waals surface area (Å²) in [7, 11) is 0. The van der Waals surface area contributed by atoms with E-state index in [9.17, 15) is 0 Å². The highest BCUT2D eigenvalue weighted by molar-refractivity contribution is 9.11. The summed E-state index contributed by atoms with van der Waals surface area (Å²) < 4.78 is 1.10. The van der Waals surface area contributed by atoms with E-state index in [1.165, 1.54) is 4.88 Å². The van der Waals surface area contributed by atoms with Crippen molar-refractivity contribution in [1.29, 1.82) is 0 Å². The number of hydrogen-bond donors (Lipinski definition) is 1. The molecule has 0 aliphatic heterocycles. The number of rotatable bonds is 2. The van der Waals surface area contributed by atoms with Crippen molar-refractivity contribution in [2.24, 2.45) is 5.73 Å². The second-order valence-electron chi connectivity index (χ2n) is 4.06. The Morgan fingerprint density at radius 1 is 1.24 bits per heavy atom. The summed E-state index contributed by atoms with van der Waals surface area (Å²) >= 11 is 11.4. The number of thiophene rings is 1. The Labute approximate surface area is 119 Å². The molecule has 0 amide bonds. The van der Waals surface area contributed by atoms with Crippen LogP contribution in [0.15, 0.2) is 28.1 Å². The van der Waals surface area contributed by atoms with Crippen molar-refractivity contribution >= 4 is 38.9 Å². The van der Waals surface area contributed by atoms with E-state index in [4.69, 9.17) is 17.3 Å². The Morgan fingerprint density at radius 2 is 1.94 bits per heavy atom. The topological polar surface area (TPSA) is 26.0 Å². The van der Waals surface area contributed by atoms with Crippen LogP contribution < -0.4 is 5.73 Å². The zero-order chi connectivity index (χ0) is 12.6. The fourth-order valence-corrected chi connectivity index (χ4v) is 3.93. The van der Waals surface area contributed by atoms with E-state index < -0.39 is 0 Å². The molecule has 0 fully saturated rings. The first-order valence-corrected chi connectivity index (χ1v) is 7.25. The lowest BCUT2D eigenvalue weighted by atomic mass is 9.99. The molecular weight excluding hydrogens is 318 g/mol. The second-order valence-corrected chi connectivity index (χ2v) is 7.11. The summed E-state index contributed by atoms with van der Waals surface area (Å²) in [5.74, 6) is 0. The average Bonchev–Trinajstić information content (AvgIpc) is 2.57. The van der Waals surface area contributed by atoms with E-state index in [1.807, 2.05) is 25.1 Å². The lowest BCUT2D eigenvalue weighted by Crippen LogP contribution is -2.12. The van der Waals surface area contributed by atoms with Crippen LogP contribution in [0, 0.1) is 13.8 Å². The molecule has 17 heavy (non-hydrogen) atoms. The molecule has 1 unspecified atom stereocenters. The van der Waals surface area contributed by atoms with Gasteiger partial charge in [-0.1, -0.05) is 23.7 Å². The number of hydrogen-bond acceptors (Lipinski definition) is 2. The van der Waals surface area contributed by atoms with Gasteiger partial charge in [-0.3, -0.25) is 0 Å². The van der Waals surface area contributed by atoms with Gasteiger partial charge in [0.2, 0.25) is 0 Å². The molecule has 2 N–H and O–H groups in total. The Morgan fingerprint density at radius 3 is 2.47 bits per heavy atom. The smallest absolute Gasteiger partial charge is 0.0704 e. The van der Waals surface area contributed by atoms with Crippen LogP contribution in [0.2, 0.25) is 5.02 Å². The average molecular weight is 331 g/mol. The second kappa shape index (κ2) is 5.11. The molecule has 2 rings (SSSR count). The SMILES string of the molecule is Cc1ccc(C(N)c2cc(Br)sc2C)c(Cl)c1. The molecular formula is C13H13BrClNS. The summed E-state index contributed by atoms with van der Waals surface area (Å²) in [5, 5.41) is 0.735. The summed E-state index contributed by atoms with van der Waals surface area (Å²) in [5.41, 5.74) is 9.54. The van der Waals surface area contributed by atoms with Crippen molar-refractivity contribution < 1.29 is 0 Å². The first-order valence-electron chi connectivity index (χ1n) is 5.26. The van der Waals surface area contributed by atoms with Crippen molar-refractivity contribution in [1.82, 2.24) is 0 Å². The maximum absolute atomic E-state index is 6.28. The van der Waals surface area contributed by atoms with Crippen molar-refractivity contribution in [3.8, 4) is 0 Å². The van der Waals surface area contributed by atoms with Crippen LogP contribution >= 0.6 is 38.9 Å². The standard InChI is InChI=1S/C13H13BrClNS/c1-7-3-4-9(11(15)5-7)13(16)10-6-12(14)17-8(10)2/h3-6,13H,16H2,1-2H3. The molecule has 1 aromatic carbocycles. The third kappa shape index (κ3) is 2.74. The van der Waals surface area contributed by atoms with Gasteiger partial charge in [-0.15, -0.1) is 11.3 Å². The fourth-order valence-electron chi connectivity index (χ4n) is 1.82. The normalized spacial score (nSPS) is 12.8. The molecule has 1 aromatic heterocycles. The molecule has 0 aliphatic rings. The van der Waals surface area contributed by atoms with Crippen LogP contribution in [0.4, 0.5) is 0 Å². The van der Waals surface area contributed by atoms with Gasteiger partial charge in [-0.25, -0.2) is 0 Å². The maximum Gasteiger partial charge on any atom is 0.0704 e. The van der Waals surface area contributed by atoms with Gasteiger partial charge in [0.1, 0.15) is 0 Å². The predicted octanol–water partition coefficient (Wildman–Crippen LogP) is 4.83. The van der Waals surface area contributed by atoms with Crippen LogP contribution in [0.5, 0.6) is 0 Å². The molecule has 0 saturated carbocycles. The summed E-state index contributed by atoms with van der Waals surface area (Å²) in [4.78, 5) is 1.22. The Balaban J connectivity index is 2.43. The van der Waals surface area contributed by atoms with E-state index in [-0.39, 0.29) is 6.04 Å². The van der Waals surface area contributed by atoms with Gasteiger partial charge in [-0.05, 0) is 58.6 Å². The first kappa shape index (κ1) is 13.1. The number of aryl methyl sites for hydroxylation is 2. The molecule has 4 heteroatoms. The van der Waals surface area contributed by atoms with Gasteiger partial charge in [0, 0.05) is 9.90 Å². The van der Waals surface area contributed by atoms with Gasteiger partial charge in [-0.2, -0.15) is 0 Å². The van der Waals surface area contributed by atoms with Crippen LogP contribution in [0.1, 0.15) is 27.6 Å². The quantitative estimate of drug-likeness (QED) is 0.838. The van der Waals surface area contributed by atoms with Crippen molar-refractivity contribution in [3.63, 3.8) is 0 Å². The zero-order valence-electron chi connectivity index (χ0n) is 9.63. The largest absolute Gasteiger partial charge is 0.320 e. The third-order valence-electron chi connectivity index (χ3n) is 2.75. The highest BCUT2D eigenvalue weighted by Gasteiger charge is 2.16. The molecule has 1 atom stereocenters. The molecule has 90 valence electrons. The van der Waals surface area contributed by atoms with Gasteiger partial charge in [0.15, 0.2) is 0 Å². The fraction of sp³-hybridized carbons (Fsp3) is 0.231. The molecule has 0 bridgehead atoms. The third-order valence-corrected chi connectivity index (χ3v) is 4.65. The highest BCUT2D eigenvalue weighted by atomic mass is 79.9. The summed E-state index contributed by atoms with van der Waals surface area (Å²) in [6.45, 7) is 4.10. The number of benzene rings is 1. The molecule has 0 aliphatic carbocycles. The molecule has 0 radical (unpaired) electrons. The van der Waals surface area contributed by atoms with Crippen LogP contribution in [-0.2, 0) is 0 Å². The van der Waals surface area contributed by atoms with E-state index >= 15 is 0 Å². The van der Waals surface area contributed by atoms with Gasteiger partial charge in [0.25, 0.3) is 0 Å². The van der Waals surface area contributed by atoms with Crippen molar-refractivity contribution in [2.75, 3.05) is 0 Å². The van der Waals surface area contributed by atoms with E-state index in [2.05, 4.69) is 28.9 Å². The minimum absolute atomic E-state index is 0.161. The van der Waals surface area contributed by atoms with Crippen LogP contribution in [0.25, 0.3) is 0 Å². The van der Waals surface area contributed by atoms with Crippen LogP contribution in [0.3, 0.4) is 0 Å². The van der Waals surface area contributed by atoms with E-state index in [0.717, 1.165) is 25.5 Å². The minimum atomic E-state index is -0.161. The van der Waals surface area contributed by atoms with Crippen molar-refractivity contribution in [2.45, 2.75) is 19.9 Å². The molecule has 2 aromatic rings. The molecule has 0 saturated heterocycles. The lowest BCUT2D eigenvalue weighted by molar-refractivity contribution is 0.868. The minimum Gasteiger partial charge on any atom is -0.320 e. The van der Waals surface area contributed by atoms with Crippen LogP contribution in [-0.4, -0.2) is 0 Å². The van der Waals surface area contributed by atoms with Gasteiger partial charge >= 0.3 is 0 Å². The van der Waals surface area contributed by atoms with Gasteiger partial charge < -0.3 is 5.73 Å². The summed E-state index contributed by atoms with van der Waals surface area (Å²) in [6.07, 6.45) is 0. The molecule has 1 nitrogen and oxygen atoms in total. The predicted molar refractivity (Wildman–Crippen MR) is 79.0 cm³/mol. The molecule has 1 heterocycles. The zero-order valence-corrected chi connectivity index (χ0v) is 12.8. The van der Waals surface area contributed by atoms with Gasteiger partial charge in [0.05, 0.1) is 9.83 Å². The monoisotopic (exact) mass is 329 g/mol. The number of halogens is 2. The first-order chi connectivity index (χ1) is 7.99.